The molecular weight excluding hydrogens is 136 g/mol. The van der Waals surface area contributed by atoms with Crippen molar-refractivity contribution in [3.8, 4) is 0 Å². The van der Waals surface area contributed by atoms with Gasteiger partial charge in [0.25, 0.3) is 0 Å². The average Bonchev–Trinajstić information content (AvgIpc) is 1.98. The zero-order valence-electron chi connectivity index (χ0n) is 7.93. The number of aliphatic hydroxyl groups is 1. The first-order valence-electron chi connectivity index (χ1n) is 4.40. The quantitative estimate of drug-likeness (QED) is 0.607. The van der Waals surface area contributed by atoms with Crippen molar-refractivity contribution in [2.45, 2.75) is 46.1 Å². The molecule has 0 radical (unpaired) electrons. The third-order valence-electron chi connectivity index (χ3n) is 2.10. The maximum atomic E-state index is 9.41. The van der Waals surface area contributed by atoms with E-state index >= 15 is 0 Å². The molecule has 66 valence electrons. The Morgan fingerprint density at radius 3 is 2.45 bits per heavy atom. The SMILES string of the molecule is C=C(C)CCC(C)C(O)CC. The monoisotopic (exact) mass is 156 g/mol. The molecule has 0 aliphatic rings. The van der Waals surface area contributed by atoms with E-state index < -0.39 is 0 Å². The molecule has 2 unspecified atom stereocenters. The molecular formula is C10H20O. The summed E-state index contributed by atoms with van der Waals surface area (Å²) in [4.78, 5) is 0. The summed E-state index contributed by atoms with van der Waals surface area (Å²) in [5.74, 6) is 0.414. The first-order valence-corrected chi connectivity index (χ1v) is 4.40. The van der Waals surface area contributed by atoms with E-state index in [1.165, 1.54) is 5.57 Å². The Morgan fingerprint density at radius 1 is 1.55 bits per heavy atom. The van der Waals surface area contributed by atoms with Crippen molar-refractivity contribution in [2.24, 2.45) is 5.92 Å². The molecule has 0 saturated carbocycles. The zero-order valence-corrected chi connectivity index (χ0v) is 7.93. The van der Waals surface area contributed by atoms with E-state index in [0.29, 0.717) is 5.92 Å². The molecule has 0 rings (SSSR count). The van der Waals surface area contributed by atoms with Crippen molar-refractivity contribution in [3.63, 3.8) is 0 Å². The van der Waals surface area contributed by atoms with Gasteiger partial charge in [-0.15, -0.1) is 6.58 Å². The zero-order chi connectivity index (χ0) is 8.85. The van der Waals surface area contributed by atoms with Crippen LogP contribution in [-0.2, 0) is 0 Å². The molecule has 11 heavy (non-hydrogen) atoms. The normalized spacial score (nSPS) is 16.0. The van der Waals surface area contributed by atoms with Gasteiger partial charge in [0.1, 0.15) is 0 Å². The topological polar surface area (TPSA) is 20.2 Å². The standard InChI is InChI=1S/C10H20O/c1-5-10(11)9(4)7-6-8(2)3/h9-11H,2,5-7H2,1,3-4H3. The van der Waals surface area contributed by atoms with Crippen LogP contribution < -0.4 is 0 Å². The fourth-order valence-electron chi connectivity index (χ4n) is 1.07. The Balaban J connectivity index is 3.51. The summed E-state index contributed by atoms with van der Waals surface area (Å²) in [6.07, 6.45) is 2.83. The Hall–Kier alpha value is -0.300. The first kappa shape index (κ1) is 10.7. The summed E-state index contributed by atoms with van der Waals surface area (Å²) in [5.41, 5.74) is 1.21. The minimum absolute atomic E-state index is 0.130. The molecule has 0 aromatic rings. The predicted octanol–water partition coefficient (Wildman–Crippen LogP) is 2.75. The highest BCUT2D eigenvalue weighted by Crippen LogP contribution is 2.15. The van der Waals surface area contributed by atoms with Crippen LogP contribution in [0.3, 0.4) is 0 Å². The van der Waals surface area contributed by atoms with Crippen LogP contribution >= 0.6 is 0 Å². The predicted molar refractivity (Wildman–Crippen MR) is 49.5 cm³/mol. The van der Waals surface area contributed by atoms with Crippen LogP contribution in [0.1, 0.15) is 40.0 Å². The van der Waals surface area contributed by atoms with E-state index in [-0.39, 0.29) is 6.10 Å². The van der Waals surface area contributed by atoms with E-state index in [1.807, 2.05) is 13.8 Å². The van der Waals surface area contributed by atoms with Crippen LogP contribution in [0.5, 0.6) is 0 Å². The lowest BCUT2D eigenvalue weighted by molar-refractivity contribution is 0.108. The summed E-state index contributed by atoms with van der Waals surface area (Å²) in [6, 6.07) is 0. The molecule has 1 nitrogen and oxygen atoms in total. The second-order valence-electron chi connectivity index (χ2n) is 3.45. The van der Waals surface area contributed by atoms with Gasteiger partial charge in [0.15, 0.2) is 0 Å². The smallest absolute Gasteiger partial charge is 0.0563 e. The van der Waals surface area contributed by atoms with Gasteiger partial charge >= 0.3 is 0 Å². The number of aliphatic hydroxyl groups excluding tert-OH is 1. The maximum absolute atomic E-state index is 9.41. The fraction of sp³-hybridized carbons (Fsp3) is 0.800. The van der Waals surface area contributed by atoms with E-state index in [1.54, 1.807) is 0 Å². The number of rotatable bonds is 5. The molecule has 1 N–H and O–H groups in total. The van der Waals surface area contributed by atoms with Crippen LogP contribution in [0.4, 0.5) is 0 Å². The largest absolute Gasteiger partial charge is 0.393 e. The maximum Gasteiger partial charge on any atom is 0.0563 e. The Morgan fingerprint density at radius 2 is 2.09 bits per heavy atom. The summed E-state index contributed by atoms with van der Waals surface area (Å²) in [7, 11) is 0. The van der Waals surface area contributed by atoms with Crippen molar-refractivity contribution >= 4 is 0 Å². The van der Waals surface area contributed by atoms with Crippen LogP contribution in [0.15, 0.2) is 12.2 Å². The Bertz CT molecular complexity index is 118. The van der Waals surface area contributed by atoms with E-state index in [4.69, 9.17) is 0 Å². The second kappa shape index (κ2) is 5.36. The lowest BCUT2D eigenvalue weighted by Crippen LogP contribution is -2.16. The van der Waals surface area contributed by atoms with Crippen LogP contribution in [0.25, 0.3) is 0 Å². The van der Waals surface area contributed by atoms with E-state index in [9.17, 15) is 5.11 Å². The molecule has 0 aliphatic carbocycles. The number of hydrogen-bond acceptors (Lipinski definition) is 1. The highest BCUT2D eigenvalue weighted by Gasteiger charge is 2.10. The molecule has 0 aromatic carbocycles. The van der Waals surface area contributed by atoms with E-state index in [0.717, 1.165) is 19.3 Å². The second-order valence-corrected chi connectivity index (χ2v) is 3.45. The van der Waals surface area contributed by atoms with Gasteiger partial charge in [-0.3, -0.25) is 0 Å². The summed E-state index contributed by atoms with van der Waals surface area (Å²) < 4.78 is 0. The number of allylic oxidation sites excluding steroid dienone is 1. The van der Waals surface area contributed by atoms with Gasteiger partial charge in [0.05, 0.1) is 6.10 Å². The molecule has 0 aromatic heterocycles. The molecule has 0 saturated heterocycles. The first-order chi connectivity index (χ1) is 5.07. The Labute approximate surface area is 70.1 Å². The summed E-state index contributed by atoms with van der Waals surface area (Å²) in [6.45, 7) is 9.97. The molecule has 0 amide bonds. The Kier molecular flexibility index (Phi) is 5.22. The third kappa shape index (κ3) is 5.02. The van der Waals surface area contributed by atoms with Gasteiger partial charge in [-0.2, -0.15) is 0 Å². The minimum atomic E-state index is -0.130. The van der Waals surface area contributed by atoms with Gasteiger partial charge in [-0.05, 0) is 32.1 Å². The van der Waals surface area contributed by atoms with Gasteiger partial charge < -0.3 is 5.11 Å². The lowest BCUT2D eigenvalue weighted by atomic mass is 9.95. The van der Waals surface area contributed by atoms with Gasteiger partial charge in [0, 0.05) is 0 Å². The summed E-state index contributed by atoms with van der Waals surface area (Å²) >= 11 is 0. The van der Waals surface area contributed by atoms with Crippen molar-refractivity contribution in [1.82, 2.24) is 0 Å². The highest BCUT2D eigenvalue weighted by molar-refractivity contribution is 4.88. The molecule has 0 fully saturated rings. The van der Waals surface area contributed by atoms with Crippen LogP contribution in [-0.4, -0.2) is 11.2 Å². The van der Waals surface area contributed by atoms with Gasteiger partial charge in [-0.1, -0.05) is 19.4 Å². The van der Waals surface area contributed by atoms with Crippen molar-refractivity contribution in [2.75, 3.05) is 0 Å². The fourth-order valence-corrected chi connectivity index (χ4v) is 1.07. The molecule has 1 heteroatoms. The average molecular weight is 156 g/mol. The third-order valence-corrected chi connectivity index (χ3v) is 2.10. The lowest BCUT2D eigenvalue weighted by Gasteiger charge is -2.16. The molecule has 0 spiro atoms. The van der Waals surface area contributed by atoms with E-state index in [2.05, 4.69) is 13.5 Å². The van der Waals surface area contributed by atoms with Crippen LogP contribution in [0, 0.1) is 5.92 Å². The molecule has 0 aliphatic heterocycles. The van der Waals surface area contributed by atoms with Gasteiger partial charge in [-0.25, -0.2) is 0 Å². The van der Waals surface area contributed by atoms with Gasteiger partial charge in [0.2, 0.25) is 0 Å². The van der Waals surface area contributed by atoms with Crippen molar-refractivity contribution in [1.29, 1.82) is 0 Å². The molecule has 0 heterocycles. The molecule has 2 atom stereocenters. The number of hydrogen-bond donors (Lipinski definition) is 1. The molecule has 0 bridgehead atoms. The highest BCUT2D eigenvalue weighted by atomic mass is 16.3. The summed E-state index contributed by atoms with van der Waals surface area (Å²) in [5, 5.41) is 9.41. The minimum Gasteiger partial charge on any atom is -0.393 e. The van der Waals surface area contributed by atoms with Crippen molar-refractivity contribution < 1.29 is 5.11 Å². The van der Waals surface area contributed by atoms with Crippen LogP contribution in [0.2, 0.25) is 0 Å². The van der Waals surface area contributed by atoms with Crippen molar-refractivity contribution in [3.05, 3.63) is 12.2 Å².